The molecule has 1 N–H and O–H groups in total. The average molecular weight is 347 g/mol. The van der Waals surface area contributed by atoms with Gasteiger partial charge in [0, 0.05) is 13.2 Å². The molecule has 8 heteroatoms. The summed E-state index contributed by atoms with van der Waals surface area (Å²) in [6.07, 6.45) is 1.58. The number of carbonyl (C=O) groups is 2. The van der Waals surface area contributed by atoms with Crippen molar-refractivity contribution < 1.29 is 23.8 Å². The minimum absolute atomic E-state index is 0.00379. The maximum Gasteiger partial charge on any atom is 0.363 e. The monoisotopic (exact) mass is 347 g/mol. The van der Waals surface area contributed by atoms with Crippen molar-refractivity contribution in [1.29, 1.82) is 0 Å². The van der Waals surface area contributed by atoms with Gasteiger partial charge < -0.3 is 19.5 Å². The Morgan fingerprint density at radius 1 is 1.24 bits per heavy atom. The molecule has 0 fully saturated rings. The molecule has 0 aliphatic rings. The summed E-state index contributed by atoms with van der Waals surface area (Å²) in [6.45, 7) is 1.75. The number of carbonyl (C=O) groups excluding carboxylic acids is 2. The van der Waals surface area contributed by atoms with Gasteiger partial charge in [0.25, 0.3) is 5.91 Å². The number of methoxy groups -OCH3 is 2. The molecule has 2 aromatic rings. The Morgan fingerprint density at radius 2 is 1.96 bits per heavy atom. The molecule has 1 heterocycles. The van der Waals surface area contributed by atoms with Crippen molar-refractivity contribution in [3.63, 3.8) is 0 Å². The number of benzene rings is 1. The first-order valence-corrected chi connectivity index (χ1v) is 7.69. The molecule has 0 saturated heterocycles. The van der Waals surface area contributed by atoms with Crippen LogP contribution in [0.4, 0.5) is 0 Å². The molecule has 0 saturated carbocycles. The fourth-order valence-corrected chi connectivity index (χ4v) is 2.17. The highest BCUT2D eigenvalue weighted by atomic mass is 16.5. The molecule has 0 radical (unpaired) electrons. The zero-order valence-electron chi connectivity index (χ0n) is 14.4. The number of nitrogens with one attached hydrogen (secondary N) is 1. The summed E-state index contributed by atoms with van der Waals surface area (Å²) in [6, 6.07) is 9.09. The highest BCUT2D eigenvalue weighted by Crippen LogP contribution is 2.20. The van der Waals surface area contributed by atoms with Crippen LogP contribution in [-0.2, 0) is 14.3 Å². The number of rotatable bonds is 8. The second-order valence-corrected chi connectivity index (χ2v) is 5.33. The number of esters is 1. The molecule has 0 bridgehead atoms. The summed E-state index contributed by atoms with van der Waals surface area (Å²) in [4.78, 5) is 23.9. The van der Waals surface area contributed by atoms with E-state index in [1.807, 2.05) is 30.3 Å². The number of nitrogens with zero attached hydrogens (tertiary/aromatic N) is 2. The molecule has 1 unspecified atom stereocenters. The van der Waals surface area contributed by atoms with Crippen LogP contribution in [0, 0.1) is 0 Å². The van der Waals surface area contributed by atoms with Crippen LogP contribution in [0.3, 0.4) is 0 Å². The molecule has 8 nitrogen and oxygen atoms in total. The van der Waals surface area contributed by atoms with Crippen LogP contribution < -0.4 is 10.1 Å². The third kappa shape index (κ3) is 5.05. The quantitative estimate of drug-likeness (QED) is 0.721. The first kappa shape index (κ1) is 18.5. The van der Waals surface area contributed by atoms with Crippen molar-refractivity contribution in [2.45, 2.75) is 13.0 Å². The fourth-order valence-electron chi connectivity index (χ4n) is 2.17. The van der Waals surface area contributed by atoms with Crippen LogP contribution in [-0.4, -0.2) is 55.1 Å². The van der Waals surface area contributed by atoms with E-state index in [1.165, 1.54) is 18.9 Å². The van der Waals surface area contributed by atoms with E-state index in [-0.39, 0.29) is 17.5 Å². The van der Waals surface area contributed by atoms with Crippen LogP contribution >= 0.6 is 0 Å². The van der Waals surface area contributed by atoms with Gasteiger partial charge in [0.1, 0.15) is 0 Å². The van der Waals surface area contributed by atoms with Crippen molar-refractivity contribution in [2.75, 3.05) is 27.4 Å². The van der Waals surface area contributed by atoms with E-state index in [1.54, 1.807) is 13.1 Å². The normalized spacial score (nSPS) is 11.6. The Bertz CT molecular complexity index is 714. The van der Waals surface area contributed by atoms with Gasteiger partial charge in [0.05, 0.1) is 25.6 Å². The van der Waals surface area contributed by atoms with E-state index in [4.69, 9.17) is 14.2 Å². The maximum atomic E-state index is 12.2. The zero-order valence-corrected chi connectivity index (χ0v) is 14.4. The van der Waals surface area contributed by atoms with Crippen molar-refractivity contribution in [2.24, 2.45) is 0 Å². The van der Waals surface area contributed by atoms with Gasteiger partial charge in [-0.1, -0.05) is 18.2 Å². The lowest BCUT2D eigenvalue weighted by molar-refractivity contribution is -0.125. The molecule has 0 spiro atoms. The topological polar surface area (TPSA) is 91.7 Å². The maximum absolute atomic E-state index is 12.2. The highest BCUT2D eigenvalue weighted by molar-refractivity contribution is 5.92. The van der Waals surface area contributed by atoms with Crippen molar-refractivity contribution in [1.82, 2.24) is 15.1 Å². The molecule has 0 aliphatic carbocycles. The van der Waals surface area contributed by atoms with Crippen LogP contribution in [0.2, 0.25) is 0 Å². The number of hydrogen-bond donors (Lipinski definition) is 1. The van der Waals surface area contributed by atoms with Crippen molar-refractivity contribution in [3.8, 4) is 11.4 Å². The number of aromatic nitrogens is 2. The second-order valence-electron chi connectivity index (χ2n) is 5.33. The molecule has 1 amide bonds. The fraction of sp³-hybridized carbons (Fsp3) is 0.353. The van der Waals surface area contributed by atoms with E-state index in [0.717, 1.165) is 5.69 Å². The summed E-state index contributed by atoms with van der Waals surface area (Å²) >= 11 is 0. The second kappa shape index (κ2) is 8.84. The Kier molecular flexibility index (Phi) is 6.53. The number of hydrogen-bond acceptors (Lipinski definition) is 6. The molecule has 0 aliphatic heterocycles. The molecule has 1 atom stereocenters. The van der Waals surface area contributed by atoms with Crippen LogP contribution in [0.1, 0.15) is 17.4 Å². The standard InChI is InChI=1S/C17H21N3O5/c1-12(10-23-2)18-15(21)11-25-17(22)16-14(24-3)9-20(19-16)13-7-5-4-6-8-13/h4-9,12H,10-11H2,1-3H3,(H,18,21). The molecular formula is C17H21N3O5. The first-order chi connectivity index (χ1) is 12.0. The first-order valence-electron chi connectivity index (χ1n) is 7.69. The third-order valence-electron chi connectivity index (χ3n) is 3.27. The SMILES string of the molecule is COCC(C)NC(=O)COC(=O)c1nn(-c2ccccc2)cc1OC. The van der Waals surface area contributed by atoms with Crippen molar-refractivity contribution in [3.05, 3.63) is 42.2 Å². The molecular weight excluding hydrogens is 326 g/mol. The van der Waals surface area contributed by atoms with Gasteiger partial charge >= 0.3 is 5.97 Å². The molecule has 25 heavy (non-hydrogen) atoms. The minimum atomic E-state index is -0.735. The number of ether oxygens (including phenoxy) is 3. The van der Waals surface area contributed by atoms with Crippen LogP contribution in [0.15, 0.2) is 36.5 Å². The van der Waals surface area contributed by atoms with Crippen LogP contribution in [0.25, 0.3) is 5.69 Å². The third-order valence-corrected chi connectivity index (χ3v) is 3.27. The van der Waals surface area contributed by atoms with Crippen molar-refractivity contribution >= 4 is 11.9 Å². The van der Waals surface area contributed by atoms with Gasteiger partial charge in [0.15, 0.2) is 12.4 Å². The van der Waals surface area contributed by atoms with E-state index in [0.29, 0.717) is 6.61 Å². The predicted octanol–water partition coefficient (Wildman–Crippen LogP) is 1.19. The lowest BCUT2D eigenvalue weighted by Crippen LogP contribution is -2.38. The summed E-state index contributed by atoms with van der Waals surface area (Å²) < 4.78 is 16.6. The predicted molar refractivity (Wildman–Crippen MR) is 89.9 cm³/mol. The molecule has 134 valence electrons. The molecule has 1 aromatic carbocycles. The molecule has 1 aromatic heterocycles. The average Bonchev–Trinajstić information content (AvgIpc) is 3.05. The van der Waals surface area contributed by atoms with Gasteiger partial charge in [-0.15, -0.1) is 0 Å². The lowest BCUT2D eigenvalue weighted by atomic mass is 10.3. The van der Waals surface area contributed by atoms with Gasteiger partial charge in [-0.25, -0.2) is 9.48 Å². The van der Waals surface area contributed by atoms with Gasteiger partial charge in [0.2, 0.25) is 5.69 Å². The van der Waals surface area contributed by atoms with E-state index in [9.17, 15) is 9.59 Å². The minimum Gasteiger partial charge on any atom is -0.493 e. The smallest absolute Gasteiger partial charge is 0.363 e. The Balaban J connectivity index is 2.02. The molecule has 2 rings (SSSR count). The van der Waals surface area contributed by atoms with Gasteiger partial charge in [-0.3, -0.25) is 4.79 Å². The van der Waals surface area contributed by atoms with Gasteiger partial charge in [-0.2, -0.15) is 5.10 Å². The summed E-state index contributed by atoms with van der Waals surface area (Å²) in [5.41, 5.74) is 0.773. The highest BCUT2D eigenvalue weighted by Gasteiger charge is 2.21. The Hall–Kier alpha value is -2.87. The van der Waals surface area contributed by atoms with Crippen LogP contribution in [0.5, 0.6) is 5.75 Å². The van der Waals surface area contributed by atoms with E-state index < -0.39 is 18.5 Å². The van der Waals surface area contributed by atoms with E-state index >= 15 is 0 Å². The Morgan fingerprint density at radius 3 is 2.60 bits per heavy atom. The zero-order chi connectivity index (χ0) is 18.2. The largest absolute Gasteiger partial charge is 0.493 e. The van der Waals surface area contributed by atoms with Gasteiger partial charge in [-0.05, 0) is 19.1 Å². The summed E-state index contributed by atoms with van der Waals surface area (Å²) in [5, 5.41) is 6.83. The number of amides is 1. The summed E-state index contributed by atoms with van der Waals surface area (Å²) in [5.74, 6) is -0.887. The van der Waals surface area contributed by atoms with E-state index in [2.05, 4.69) is 10.4 Å². The lowest BCUT2D eigenvalue weighted by Gasteiger charge is -2.12. The summed E-state index contributed by atoms with van der Waals surface area (Å²) in [7, 11) is 2.97. The Labute approximate surface area is 145 Å². The number of para-hydroxylation sites is 1.